The molecule has 11 nitrogen and oxygen atoms in total. The highest BCUT2D eigenvalue weighted by molar-refractivity contribution is 5.99. The fourth-order valence-corrected chi connectivity index (χ4v) is 4.56. The fourth-order valence-electron chi connectivity index (χ4n) is 4.56. The lowest BCUT2D eigenvalue weighted by Crippen LogP contribution is -2.60. The maximum absolute atomic E-state index is 12.5. The number of aliphatic hydroxyl groups is 5. The van der Waals surface area contributed by atoms with Crippen molar-refractivity contribution in [1.29, 1.82) is 0 Å². The van der Waals surface area contributed by atoms with Crippen LogP contribution in [0.25, 0.3) is 17.0 Å². The predicted octanol–water partition coefficient (Wildman–Crippen LogP) is -0.0965. The lowest BCUT2D eigenvalue weighted by atomic mass is 9.85. The Morgan fingerprint density at radius 3 is 2.57 bits per heavy atom. The molecule has 1 aliphatic heterocycles. The largest absolute Gasteiger partial charge is 0.490 e. The van der Waals surface area contributed by atoms with E-state index in [1.165, 1.54) is 13.4 Å². The smallest absolute Gasteiger partial charge is 0.313 e. The molecule has 0 spiro atoms. The molecule has 0 saturated carbocycles. The summed E-state index contributed by atoms with van der Waals surface area (Å²) in [4.78, 5) is 12.5. The number of hydrogen-bond donors (Lipinski definition) is 5. The van der Waals surface area contributed by atoms with Crippen molar-refractivity contribution in [2.75, 3.05) is 26.9 Å². The third-order valence-electron chi connectivity index (χ3n) is 6.32. The van der Waals surface area contributed by atoms with Crippen molar-refractivity contribution < 1.29 is 53.7 Å². The summed E-state index contributed by atoms with van der Waals surface area (Å²) in [6, 6.07) is 0. The van der Waals surface area contributed by atoms with E-state index < -0.39 is 49.2 Å². The van der Waals surface area contributed by atoms with E-state index in [1.54, 1.807) is 19.1 Å². The van der Waals surface area contributed by atoms with Crippen molar-refractivity contribution in [3.8, 4) is 11.5 Å². The SMILES string of the molecule is CCOC(=O)[C@H]1C=Cc2c(c(O[C@H]3O[C@H](CO)[C@@H](O)[C@H](O)[C@H]3O)c(OC)c3occ(CCO)c23)C1. The standard InChI is InChI=1S/C24H30O11/c1-3-32-23(30)11-4-5-13-14(8-11)20(22(31-2)21-16(13)12(6-7-25)10-33-21)35-24-19(29)18(28)17(27)15(9-26)34-24/h4-5,10-11,15,17-19,24-29H,3,6-9H2,1-2H3/t11-,15+,17+,18-,19+,24+/m0/s1. The Labute approximate surface area is 201 Å². The van der Waals surface area contributed by atoms with E-state index in [2.05, 4.69) is 0 Å². The third kappa shape index (κ3) is 4.51. The van der Waals surface area contributed by atoms with Gasteiger partial charge in [0.25, 0.3) is 0 Å². The van der Waals surface area contributed by atoms with E-state index >= 15 is 0 Å². The van der Waals surface area contributed by atoms with Crippen LogP contribution in [0.5, 0.6) is 11.5 Å². The minimum atomic E-state index is -1.65. The second-order valence-corrected chi connectivity index (χ2v) is 8.43. The fraction of sp³-hybridized carbons (Fsp3) is 0.542. The van der Waals surface area contributed by atoms with Gasteiger partial charge in [-0.2, -0.15) is 0 Å². The highest BCUT2D eigenvalue weighted by Crippen LogP contribution is 2.48. The van der Waals surface area contributed by atoms with Crippen molar-refractivity contribution in [2.45, 2.75) is 50.5 Å². The highest BCUT2D eigenvalue weighted by atomic mass is 16.7. The Bertz CT molecular complexity index is 1090. The first-order valence-corrected chi connectivity index (χ1v) is 11.4. The van der Waals surface area contributed by atoms with Gasteiger partial charge in [0.1, 0.15) is 24.4 Å². The maximum Gasteiger partial charge on any atom is 0.313 e. The highest BCUT2D eigenvalue weighted by Gasteiger charge is 2.45. The lowest BCUT2D eigenvalue weighted by molar-refractivity contribution is -0.277. The van der Waals surface area contributed by atoms with Crippen LogP contribution in [0.4, 0.5) is 0 Å². The van der Waals surface area contributed by atoms with Gasteiger partial charge in [-0.05, 0) is 25.3 Å². The number of hydrogen-bond acceptors (Lipinski definition) is 11. The van der Waals surface area contributed by atoms with Crippen molar-refractivity contribution in [1.82, 2.24) is 0 Å². The Morgan fingerprint density at radius 1 is 1.14 bits per heavy atom. The van der Waals surface area contributed by atoms with Crippen LogP contribution in [0.15, 0.2) is 16.8 Å². The van der Waals surface area contributed by atoms with Crippen molar-refractivity contribution in [3.63, 3.8) is 0 Å². The second-order valence-electron chi connectivity index (χ2n) is 8.43. The van der Waals surface area contributed by atoms with Crippen LogP contribution >= 0.6 is 0 Å². The third-order valence-corrected chi connectivity index (χ3v) is 6.32. The summed E-state index contributed by atoms with van der Waals surface area (Å²) in [6.07, 6.45) is -2.00. The van der Waals surface area contributed by atoms with Crippen molar-refractivity contribution >= 4 is 23.0 Å². The lowest BCUT2D eigenvalue weighted by Gasteiger charge is -2.40. The topological polar surface area (TPSA) is 168 Å². The van der Waals surface area contributed by atoms with Crippen LogP contribution < -0.4 is 9.47 Å². The molecular weight excluding hydrogens is 464 g/mol. The molecule has 11 heteroatoms. The van der Waals surface area contributed by atoms with Crippen LogP contribution in [-0.4, -0.2) is 89.1 Å². The average Bonchev–Trinajstić information content (AvgIpc) is 3.28. The van der Waals surface area contributed by atoms with E-state index in [0.29, 0.717) is 28.5 Å². The second kappa shape index (κ2) is 10.5. The number of aliphatic hydroxyl groups excluding tert-OH is 5. The molecule has 192 valence electrons. The Kier molecular flexibility index (Phi) is 7.64. The van der Waals surface area contributed by atoms with E-state index in [-0.39, 0.29) is 31.1 Å². The summed E-state index contributed by atoms with van der Waals surface area (Å²) in [7, 11) is 1.40. The monoisotopic (exact) mass is 494 g/mol. The predicted molar refractivity (Wildman–Crippen MR) is 121 cm³/mol. The van der Waals surface area contributed by atoms with Gasteiger partial charge < -0.3 is 48.9 Å². The Balaban J connectivity index is 1.85. The molecule has 1 aromatic heterocycles. The van der Waals surface area contributed by atoms with Gasteiger partial charge in [-0.25, -0.2) is 0 Å². The molecule has 2 heterocycles. The van der Waals surface area contributed by atoms with E-state index in [1.807, 2.05) is 0 Å². The zero-order chi connectivity index (χ0) is 25.3. The quantitative estimate of drug-likeness (QED) is 0.311. The van der Waals surface area contributed by atoms with Gasteiger partial charge in [0, 0.05) is 23.1 Å². The molecule has 2 aliphatic rings. The number of benzene rings is 1. The van der Waals surface area contributed by atoms with Gasteiger partial charge in [0.2, 0.25) is 12.0 Å². The molecule has 0 bridgehead atoms. The molecule has 2 aromatic rings. The number of fused-ring (bicyclic) bond motifs is 3. The Morgan fingerprint density at radius 2 is 1.91 bits per heavy atom. The summed E-state index contributed by atoms with van der Waals surface area (Å²) < 4.78 is 28.1. The number of methoxy groups -OCH3 is 1. The molecule has 0 unspecified atom stereocenters. The molecule has 35 heavy (non-hydrogen) atoms. The van der Waals surface area contributed by atoms with E-state index in [0.717, 1.165) is 5.56 Å². The molecule has 1 saturated heterocycles. The molecule has 5 N–H and O–H groups in total. The summed E-state index contributed by atoms with van der Waals surface area (Å²) >= 11 is 0. The van der Waals surface area contributed by atoms with Gasteiger partial charge in [0.05, 0.1) is 32.5 Å². The van der Waals surface area contributed by atoms with Gasteiger partial charge in [-0.1, -0.05) is 12.2 Å². The normalized spacial score (nSPS) is 28.1. The van der Waals surface area contributed by atoms with Crippen molar-refractivity contribution in [2.24, 2.45) is 5.92 Å². The number of carbonyl (C=O) groups is 1. The summed E-state index contributed by atoms with van der Waals surface area (Å²) in [5, 5.41) is 50.6. The molecule has 1 aliphatic carbocycles. The molecular formula is C24H30O11. The summed E-state index contributed by atoms with van der Waals surface area (Å²) in [5.74, 6) is -0.759. The van der Waals surface area contributed by atoms with E-state index in [4.69, 9.17) is 23.4 Å². The zero-order valence-corrected chi connectivity index (χ0v) is 19.4. The van der Waals surface area contributed by atoms with E-state index in [9.17, 15) is 30.3 Å². The van der Waals surface area contributed by atoms with Gasteiger partial charge in [-0.15, -0.1) is 0 Å². The molecule has 0 amide bonds. The molecule has 0 radical (unpaired) electrons. The number of carbonyl (C=O) groups excluding carboxylic acids is 1. The minimum absolute atomic E-state index is 0.107. The number of furan rings is 1. The first kappa shape index (κ1) is 25.4. The van der Waals surface area contributed by atoms with Gasteiger partial charge in [-0.3, -0.25) is 4.79 Å². The molecule has 1 fully saturated rings. The number of ether oxygens (including phenoxy) is 4. The Hall–Kier alpha value is -2.67. The summed E-state index contributed by atoms with van der Waals surface area (Å²) in [5.41, 5.74) is 2.29. The summed E-state index contributed by atoms with van der Waals surface area (Å²) in [6.45, 7) is 1.21. The first-order chi connectivity index (χ1) is 16.9. The number of esters is 1. The van der Waals surface area contributed by atoms with Crippen molar-refractivity contribution in [3.05, 3.63) is 29.0 Å². The van der Waals surface area contributed by atoms with Crippen LogP contribution in [0.3, 0.4) is 0 Å². The van der Waals surface area contributed by atoms with Crippen LogP contribution in [-0.2, 0) is 27.1 Å². The van der Waals surface area contributed by atoms with Gasteiger partial charge >= 0.3 is 5.97 Å². The minimum Gasteiger partial charge on any atom is -0.490 e. The van der Waals surface area contributed by atoms with Crippen LogP contribution in [0.2, 0.25) is 0 Å². The molecule has 6 atom stereocenters. The zero-order valence-electron chi connectivity index (χ0n) is 19.4. The number of rotatable bonds is 8. The average molecular weight is 494 g/mol. The maximum atomic E-state index is 12.5. The van der Waals surface area contributed by atoms with Gasteiger partial charge in [0.15, 0.2) is 11.3 Å². The molecule has 1 aromatic carbocycles. The first-order valence-electron chi connectivity index (χ1n) is 11.4. The van der Waals surface area contributed by atoms with Crippen LogP contribution in [0, 0.1) is 5.92 Å². The van der Waals surface area contributed by atoms with Crippen LogP contribution in [0.1, 0.15) is 23.6 Å². The molecule has 4 rings (SSSR count).